The molecule has 2 unspecified atom stereocenters. The molecule has 20 heavy (non-hydrogen) atoms. The van der Waals surface area contributed by atoms with Crippen LogP contribution in [-0.2, 0) is 4.74 Å². The van der Waals surface area contributed by atoms with E-state index in [0.29, 0.717) is 0 Å². The largest absolute Gasteiger partial charge is 0.380 e. The molecule has 2 rings (SSSR count). The monoisotopic (exact) mass is 280 g/mol. The molecule has 0 aromatic heterocycles. The van der Waals surface area contributed by atoms with Crippen molar-refractivity contribution in [2.45, 2.75) is 38.8 Å². The zero-order valence-electron chi connectivity index (χ0n) is 12.7. The normalized spacial score (nSPS) is 20.4. The van der Waals surface area contributed by atoms with Crippen LogP contribution in [0.25, 0.3) is 0 Å². The number of nitrogens with one attached hydrogen (secondary N) is 1. The molecular weight excluding hydrogens is 255 g/mol. The van der Waals surface area contributed by atoms with Crippen molar-refractivity contribution in [1.29, 1.82) is 0 Å². The first-order valence-corrected chi connectivity index (χ1v) is 7.46. The van der Waals surface area contributed by atoms with Crippen LogP contribution in [0.4, 0.5) is 10.1 Å². The molecule has 112 valence electrons. The van der Waals surface area contributed by atoms with Crippen LogP contribution in [0.2, 0.25) is 0 Å². The summed E-state index contributed by atoms with van der Waals surface area (Å²) in [4.78, 5) is 2.23. The van der Waals surface area contributed by atoms with E-state index in [1.165, 1.54) is 0 Å². The van der Waals surface area contributed by atoms with Crippen LogP contribution in [0, 0.1) is 5.82 Å². The molecule has 0 amide bonds. The molecule has 0 radical (unpaired) electrons. The van der Waals surface area contributed by atoms with Gasteiger partial charge in [0.25, 0.3) is 0 Å². The van der Waals surface area contributed by atoms with E-state index in [0.717, 1.165) is 43.7 Å². The van der Waals surface area contributed by atoms with Crippen LogP contribution in [0.5, 0.6) is 0 Å². The summed E-state index contributed by atoms with van der Waals surface area (Å²) in [5.41, 5.74) is 1.78. The van der Waals surface area contributed by atoms with Gasteiger partial charge in [0.15, 0.2) is 0 Å². The van der Waals surface area contributed by atoms with Gasteiger partial charge in [0, 0.05) is 37.5 Å². The van der Waals surface area contributed by atoms with Crippen molar-refractivity contribution in [1.82, 2.24) is 5.32 Å². The minimum absolute atomic E-state index is 0.0211. The van der Waals surface area contributed by atoms with Crippen molar-refractivity contribution in [2.24, 2.45) is 0 Å². The molecule has 0 bridgehead atoms. The maximum Gasteiger partial charge on any atom is 0.130 e. The van der Waals surface area contributed by atoms with Gasteiger partial charge >= 0.3 is 0 Å². The lowest BCUT2D eigenvalue weighted by molar-refractivity contribution is 0.121. The number of benzene rings is 1. The van der Waals surface area contributed by atoms with E-state index in [1.54, 1.807) is 19.2 Å². The lowest BCUT2D eigenvalue weighted by Crippen LogP contribution is -2.27. The molecule has 1 aromatic carbocycles. The third-order valence-corrected chi connectivity index (χ3v) is 3.98. The third kappa shape index (κ3) is 3.30. The Morgan fingerprint density at radius 3 is 2.95 bits per heavy atom. The Hall–Kier alpha value is -1.13. The predicted octanol–water partition coefficient (Wildman–Crippen LogP) is 3.11. The van der Waals surface area contributed by atoms with Gasteiger partial charge in [0.05, 0.1) is 6.10 Å². The first kappa shape index (κ1) is 15.3. The summed E-state index contributed by atoms with van der Waals surface area (Å²) in [6.07, 6.45) is 2.30. The molecule has 1 saturated heterocycles. The fourth-order valence-corrected chi connectivity index (χ4v) is 2.83. The number of hydrogen-bond donors (Lipinski definition) is 1. The summed E-state index contributed by atoms with van der Waals surface area (Å²) in [7, 11) is 1.74. The Bertz CT molecular complexity index is 438. The standard InChI is InChI=1S/C16H25FN2O/c1-4-9-18-12(2)16-14(17)6-5-7-15(16)19-10-8-13(11-19)20-3/h5-7,12-13,18H,4,8-11H2,1-3H3. The number of ether oxygens (including phenoxy) is 1. The Morgan fingerprint density at radius 2 is 2.30 bits per heavy atom. The quantitative estimate of drug-likeness (QED) is 0.866. The summed E-state index contributed by atoms with van der Waals surface area (Å²) in [6, 6.07) is 5.38. The van der Waals surface area contributed by atoms with E-state index in [-0.39, 0.29) is 18.0 Å². The predicted molar refractivity (Wildman–Crippen MR) is 80.7 cm³/mol. The van der Waals surface area contributed by atoms with Gasteiger partial charge in [-0.05, 0) is 38.4 Å². The third-order valence-electron chi connectivity index (χ3n) is 3.98. The molecule has 1 aliphatic heterocycles. The average Bonchev–Trinajstić information content (AvgIpc) is 2.93. The number of hydrogen-bond acceptors (Lipinski definition) is 3. The fraction of sp³-hybridized carbons (Fsp3) is 0.625. The van der Waals surface area contributed by atoms with Gasteiger partial charge in [-0.2, -0.15) is 0 Å². The van der Waals surface area contributed by atoms with Gasteiger partial charge in [-0.1, -0.05) is 13.0 Å². The van der Waals surface area contributed by atoms with Crippen molar-refractivity contribution < 1.29 is 9.13 Å². The summed E-state index contributed by atoms with van der Waals surface area (Å²) in [5.74, 6) is -0.125. The topological polar surface area (TPSA) is 24.5 Å². The van der Waals surface area contributed by atoms with Crippen LogP contribution in [0.15, 0.2) is 18.2 Å². The number of halogens is 1. The first-order valence-electron chi connectivity index (χ1n) is 7.46. The van der Waals surface area contributed by atoms with Crippen molar-refractivity contribution in [3.8, 4) is 0 Å². The number of methoxy groups -OCH3 is 1. The molecule has 0 aliphatic carbocycles. The Morgan fingerprint density at radius 1 is 1.50 bits per heavy atom. The maximum atomic E-state index is 14.3. The Kier molecular flexibility index (Phi) is 5.38. The summed E-state index contributed by atoms with van der Waals surface area (Å²) in [5, 5.41) is 3.38. The van der Waals surface area contributed by atoms with Gasteiger partial charge in [-0.3, -0.25) is 0 Å². The maximum absolute atomic E-state index is 14.3. The van der Waals surface area contributed by atoms with E-state index < -0.39 is 0 Å². The van der Waals surface area contributed by atoms with E-state index in [4.69, 9.17) is 4.74 Å². The summed E-state index contributed by atoms with van der Waals surface area (Å²) >= 11 is 0. The molecule has 3 nitrogen and oxygen atoms in total. The van der Waals surface area contributed by atoms with Crippen LogP contribution in [-0.4, -0.2) is 32.8 Å². The molecule has 1 fully saturated rings. The minimum atomic E-state index is -0.125. The fourth-order valence-electron chi connectivity index (χ4n) is 2.83. The first-order chi connectivity index (χ1) is 9.67. The Labute approximate surface area is 121 Å². The molecule has 0 saturated carbocycles. The molecule has 1 aromatic rings. The molecule has 1 N–H and O–H groups in total. The number of anilines is 1. The van der Waals surface area contributed by atoms with Crippen molar-refractivity contribution in [2.75, 3.05) is 31.6 Å². The zero-order chi connectivity index (χ0) is 14.5. The molecule has 0 spiro atoms. The highest BCUT2D eigenvalue weighted by molar-refractivity contribution is 5.56. The van der Waals surface area contributed by atoms with Crippen LogP contribution >= 0.6 is 0 Å². The lowest BCUT2D eigenvalue weighted by Gasteiger charge is -2.25. The van der Waals surface area contributed by atoms with E-state index >= 15 is 0 Å². The molecule has 1 heterocycles. The van der Waals surface area contributed by atoms with Gasteiger partial charge in [-0.25, -0.2) is 4.39 Å². The van der Waals surface area contributed by atoms with Crippen molar-refractivity contribution >= 4 is 5.69 Å². The summed E-state index contributed by atoms with van der Waals surface area (Å²) in [6.45, 7) is 6.81. The highest BCUT2D eigenvalue weighted by Gasteiger charge is 2.26. The second-order valence-electron chi connectivity index (χ2n) is 5.44. The van der Waals surface area contributed by atoms with Crippen LogP contribution in [0.3, 0.4) is 0 Å². The SMILES string of the molecule is CCCNC(C)c1c(F)cccc1N1CCC(OC)C1. The molecule has 1 aliphatic rings. The number of rotatable bonds is 6. The second-order valence-corrected chi connectivity index (χ2v) is 5.44. The molecule has 2 atom stereocenters. The molecular formula is C16H25FN2O. The smallest absolute Gasteiger partial charge is 0.130 e. The van der Waals surface area contributed by atoms with E-state index in [1.807, 2.05) is 13.0 Å². The second kappa shape index (κ2) is 7.04. The van der Waals surface area contributed by atoms with Gasteiger partial charge < -0.3 is 15.0 Å². The number of nitrogens with zero attached hydrogens (tertiary/aromatic N) is 1. The van der Waals surface area contributed by atoms with Gasteiger partial charge in [0.2, 0.25) is 0 Å². The molecule has 4 heteroatoms. The lowest BCUT2D eigenvalue weighted by atomic mass is 10.0. The van der Waals surface area contributed by atoms with Gasteiger partial charge in [0.1, 0.15) is 5.82 Å². The zero-order valence-corrected chi connectivity index (χ0v) is 12.7. The minimum Gasteiger partial charge on any atom is -0.380 e. The van der Waals surface area contributed by atoms with Crippen molar-refractivity contribution in [3.63, 3.8) is 0 Å². The van der Waals surface area contributed by atoms with Crippen molar-refractivity contribution in [3.05, 3.63) is 29.6 Å². The van der Waals surface area contributed by atoms with E-state index in [2.05, 4.69) is 17.1 Å². The van der Waals surface area contributed by atoms with Gasteiger partial charge in [-0.15, -0.1) is 0 Å². The summed E-state index contributed by atoms with van der Waals surface area (Å²) < 4.78 is 19.7. The average molecular weight is 280 g/mol. The van der Waals surface area contributed by atoms with E-state index in [9.17, 15) is 4.39 Å². The van der Waals surface area contributed by atoms with Crippen LogP contribution < -0.4 is 10.2 Å². The highest BCUT2D eigenvalue weighted by Crippen LogP contribution is 2.31. The highest BCUT2D eigenvalue weighted by atomic mass is 19.1. The van der Waals surface area contributed by atoms with Crippen LogP contribution in [0.1, 0.15) is 38.3 Å². The Balaban J connectivity index is 2.22.